The van der Waals surface area contributed by atoms with Crippen molar-refractivity contribution in [2.75, 3.05) is 18.5 Å². The van der Waals surface area contributed by atoms with Crippen molar-refractivity contribution >= 4 is 35.1 Å². The number of ether oxygens (including phenoxy) is 2. The molecule has 0 aliphatic carbocycles. The number of esters is 1. The van der Waals surface area contributed by atoms with Crippen molar-refractivity contribution in [3.05, 3.63) is 53.3 Å². The van der Waals surface area contributed by atoms with Crippen LogP contribution >= 0.6 is 11.6 Å². The van der Waals surface area contributed by atoms with E-state index < -0.39 is 30.4 Å². The van der Waals surface area contributed by atoms with E-state index in [1.165, 1.54) is 25.3 Å². The number of carbonyl (C=O) groups is 3. The van der Waals surface area contributed by atoms with Gasteiger partial charge in [0.1, 0.15) is 18.0 Å². The first kappa shape index (κ1) is 21.2. The van der Waals surface area contributed by atoms with Gasteiger partial charge in [-0.1, -0.05) is 11.6 Å². The summed E-state index contributed by atoms with van der Waals surface area (Å²) in [6.45, 7) is 3.44. The Balaban J connectivity index is 1.79. The van der Waals surface area contributed by atoms with E-state index in [0.29, 0.717) is 23.1 Å². The first-order valence-corrected chi connectivity index (χ1v) is 8.89. The van der Waals surface area contributed by atoms with Gasteiger partial charge in [0.05, 0.1) is 6.61 Å². The number of carbonyl (C=O) groups excluding carboxylic acids is 3. The number of anilines is 1. The Morgan fingerprint density at radius 2 is 1.89 bits per heavy atom. The minimum atomic E-state index is -1.04. The van der Waals surface area contributed by atoms with E-state index in [0.717, 1.165) is 0 Å². The number of halogens is 1. The van der Waals surface area contributed by atoms with Gasteiger partial charge in [-0.3, -0.25) is 19.4 Å². The van der Waals surface area contributed by atoms with Crippen molar-refractivity contribution in [3.8, 4) is 5.75 Å². The van der Waals surface area contributed by atoms with Crippen LogP contribution in [0, 0.1) is 0 Å². The Labute approximate surface area is 167 Å². The van der Waals surface area contributed by atoms with Crippen molar-refractivity contribution in [1.29, 1.82) is 0 Å². The third kappa shape index (κ3) is 6.55. The van der Waals surface area contributed by atoms with Crippen LogP contribution in [0.25, 0.3) is 0 Å². The van der Waals surface area contributed by atoms with E-state index >= 15 is 0 Å². The van der Waals surface area contributed by atoms with Gasteiger partial charge in [-0.05, 0) is 50.2 Å². The maximum absolute atomic E-state index is 12.1. The second kappa shape index (κ2) is 10.3. The van der Waals surface area contributed by atoms with Gasteiger partial charge in [-0.15, -0.1) is 0 Å². The first-order chi connectivity index (χ1) is 13.4. The lowest BCUT2D eigenvalue weighted by atomic mass is 10.3. The molecule has 8 nitrogen and oxygen atoms in total. The van der Waals surface area contributed by atoms with Crippen molar-refractivity contribution in [3.63, 3.8) is 0 Å². The molecule has 1 atom stereocenters. The maximum Gasteiger partial charge on any atom is 0.326 e. The Bertz CT molecular complexity index is 842. The molecular formula is C19H20ClN3O5. The molecule has 0 fully saturated rings. The molecule has 0 radical (unpaired) electrons. The quantitative estimate of drug-likeness (QED) is 0.653. The fourth-order valence-electron chi connectivity index (χ4n) is 2.11. The van der Waals surface area contributed by atoms with E-state index in [2.05, 4.69) is 15.6 Å². The van der Waals surface area contributed by atoms with E-state index in [1.54, 1.807) is 24.3 Å². The zero-order valence-corrected chi connectivity index (χ0v) is 16.2. The van der Waals surface area contributed by atoms with Crippen LogP contribution in [0.4, 0.5) is 5.69 Å². The van der Waals surface area contributed by atoms with Crippen LogP contribution < -0.4 is 15.4 Å². The van der Waals surface area contributed by atoms with Gasteiger partial charge in [0.2, 0.25) is 0 Å². The van der Waals surface area contributed by atoms with Crippen LogP contribution in [-0.4, -0.2) is 42.0 Å². The standard InChI is InChI=1S/C19H20ClN3O5/c1-3-27-15-6-4-14(5-7-15)23-18(25)12(2)28-17(24)11-22-19(26)16-10-13(20)8-9-21-16/h4-10,12H,3,11H2,1-2H3,(H,22,26)(H,23,25)/t12-/m0/s1. The number of hydrogen-bond acceptors (Lipinski definition) is 6. The van der Waals surface area contributed by atoms with E-state index in [1.807, 2.05) is 6.92 Å². The second-order valence-electron chi connectivity index (χ2n) is 5.62. The molecule has 148 valence electrons. The summed E-state index contributed by atoms with van der Waals surface area (Å²) in [5.74, 6) is -1.15. The summed E-state index contributed by atoms with van der Waals surface area (Å²) in [5.41, 5.74) is 0.610. The largest absolute Gasteiger partial charge is 0.494 e. The van der Waals surface area contributed by atoms with E-state index in [-0.39, 0.29) is 5.69 Å². The molecule has 2 aromatic rings. The SMILES string of the molecule is CCOc1ccc(NC(=O)[C@H](C)OC(=O)CNC(=O)c2cc(Cl)ccn2)cc1. The summed E-state index contributed by atoms with van der Waals surface area (Å²) in [5, 5.41) is 5.34. The van der Waals surface area contributed by atoms with Crippen LogP contribution in [-0.2, 0) is 14.3 Å². The fourth-order valence-corrected chi connectivity index (χ4v) is 2.27. The molecule has 2 amide bonds. The molecule has 1 aromatic carbocycles. The number of aromatic nitrogens is 1. The Hall–Kier alpha value is -3.13. The highest BCUT2D eigenvalue weighted by Crippen LogP contribution is 2.16. The highest BCUT2D eigenvalue weighted by Gasteiger charge is 2.19. The predicted molar refractivity (Wildman–Crippen MR) is 103 cm³/mol. The van der Waals surface area contributed by atoms with Crippen molar-refractivity contribution in [1.82, 2.24) is 10.3 Å². The van der Waals surface area contributed by atoms with Gasteiger partial charge in [-0.2, -0.15) is 0 Å². The summed E-state index contributed by atoms with van der Waals surface area (Å²) in [4.78, 5) is 39.7. The number of rotatable bonds is 8. The average molecular weight is 406 g/mol. The van der Waals surface area contributed by atoms with Gasteiger partial charge < -0.3 is 20.1 Å². The molecule has 0 aliphatic heterocycles. The Morgan fingerprint density at radius 1 is 1.18 bits per heavy atom. The molecule has 0 spiro atoms. The van der Waals surface area contributed by atoms with Crippen LogP contribution in [0.5, 0.6) is 5.75 Å². The predicted octanol–water partition coefficient (Wildman–Crippen LogP) is 2.43. The molecule has 2 N–H and O–H groups in total. The maximum atomic E-state index is 12.1. The monoisotopic (exact) mass is 405 g/mol. The van der Waals surface area contributed by atoms with Gasteiger partial charge in [0, 0.05) is 16.9 Å². The molecule has 1 heterocycles. The lowest BCUT2D eigenvalue weighted by Gasteiger charge is -2.14. The van der Waals surface area contributed by atoms with Crippen molar-refractivity contribution < 1.29 is 23.9 Å². The Morgan fingerprint density at radius 3 is 2.54 bits per heavy atom. The third-order valence-corrected chi connectivity index (χ3v) is 3.69. The third-order valence-electron chi connectivity index (χ3n) is 3.46. The summed E-state index contributed by atoms with van der Waals surface area (Å²) in [6.07, 6.45) is 0.336. The fraction of sp³-hybridized carbons (Fsp3) is 0.263. The second-order valence-corrected chi connectivity index (χ2v) is 6.06. The summed E-state index contributed by atoms with van der Waals surface area (Å²) in [6, 6.07) is 9.68. The minimum absolute atomic E-state index is 0.0709. The number of nitrogens with one attached hydrogen (secondary N) is 2. The smallest absolute Gasteiger partial charge is 0.326 e. The zero-order chi connectivity index (χ0) is 20.5. The van der Waals surface area contributed by atoms with Crippen LogP contribution in [0.1, 0.15) is 24.3 Å². The van der Waals surface area contributed by atoms with Crippen LogP contribution in [0.2, 0.25) is 5.02 Å². The summed E-state index contributed by atoms with van der Waals surface area (Å²) < 4.78 is 10.3. The number of benzene rings is 1. The van der Waals surface area contributed by atoms with Crippen LogP contribution in [0.15, 0.2) is 42.6 Å². The number of nitrogens with zero attached hydrogens (tertiary/aromatic N) is 1. The highest BCUT2D eigenvalue weighted by molar-refractivity contribution is 6.30. The molecule has 2 rings (SSSR count). The molecule has 0 bridgehead atoms. The molecule has 9 heteroatoms. The number of hydrogen-bond donors (Lipinski definition) is 2. The number of pyridine rings is 1. The molecule has 1 aromatic heterocycles. The summed E-state index contributed by atoms with van der Waals surface area (Å²) >= 11 is 5.78. The van der Waals surface area contributed by atoms with Gasteiger partial charge in [0.15, 0.2) is 6.10 Å². The normalized spacial score (nSPS) is 11.2. The molecule has 0 saturated heterocycles. The molecular weight excluding hydrogens is 386 g/mol. The highest BCUT2D eigenvalue weighted by atomic mass is 35.5. The molecule has 0 aliphatic rings. The topological polar surface area (TPSA) is 107 Å². The van der Waals surface area contributed by atoms with E-state index in [4.69, 9.17) is 21.1 Å². The molecule has 0 unspecified atom stereocenters. The van der Waals surface area contributed by atoms with Gasteiger partial charge in [0.25, 0.3) is 11.8 Å². The lowest BCUT2D eigenvalue weighted by molar-refractivity contribution is -0.152. The van der Waals surface area contributed by atoms with Gasteiger partial charge in [-0.25, -0.2) is 0 Å². The zero-order valence-electron chi connectivity index (χ0n) is 15.4. The minimum Gasteiger partial charge on any atom is -0.494 e. The van der Waals surface area contributed by atoms with Gasteiger partial charge >= 0.3 is 5.97 Å². The van der Waals surface area contributed by atoms with Crippen LogP contribution in [0.3, 0.4) is 0 Å². The molecule has 28 heavy (non-hydrogen) atoms. The Kier molecular flexibility index (Phi) is 7.76. The average Bonchev–Trinajstić information content (AvgIpc) is 2.67. The first-order valence-electron chi connectivity index (χ1n) is 8.52. The van der Waals surface area contributed by atoms with Crippen molar-refractivity contribution in [2.45, 2.75) is 20.0 Å². The number of amides is 2. The molecule has 0 saturated carbocycles. The van der Waals surface area contributed by atoms with Crippen molar-refractivity contribution in [2.24, 2.45) is 0 Å². The van der Waals surface area contributed by atoms with E-state index in [9.17, 15) is 14.4 Å². The lowest BCUT2D eigenvalue weighted by Crippen LogP contribution is -2.36. The summed E-state index contributed by atoms with van der Waals surface area (Å²) in [7, 11) is 0.